The van der Waals surface area contributed by atoms with Crippen LogP contribution in [0.5, 0.6) is 11.5 Å². The first-order chi connectivity index (χ1) is 13.1. The molecule has 0 atom stereocenters. The molecule has 0 fully saturated rings. The smallest absolute Gasteiger partial charge is 0.416 e. The van der Waals surface area contributed by atoms with Crippen molar-refractivity contribution in [3.63, 3.8) is 0 Å². The number of carbonyl (C=O) groups excluding carboxylic acids is 1. The molecule has 2 aromatic rings. The van der Waals surface area contributed by atoms with Crippen molar-refractivity contribution in [1.82, 2.24) is 4.72 Å². The Morgan fingerprint density at radius 1 is 1.11 bits per heavy atom. The number of hydrogen-bond acceptors (Lipinski definition) is 5. The monoisotopic (exact) mass is 435 g/mol. The van der Waals surface area contributed by atoms with Gasteiger partial charge in [-0.15, -0.1) is 0 Å². The van der Waals surface area contributed by atoms with Gasteiger partial charge in [-0.3, -0.25) is 4.79 Å². The van der Waals surface area contributed by atoms with Crippen LogP contribution in [0.25, 0.3) is 0 Å². The molecule has 6 nitrogen and oxygen atoms in total. The number of halogens is 4. The fourth-order valence-corrected chi connectivity index (χ4v) is 3.73. The van der Waals surface area contributed by atoms with E-state index in [9.17, 15) is 26.4 Å². The summed E-state index contributed by atoms with van der Waals surface area (Å²) in [6.07, 6.45) is -4.13. The Balaban J connectivity index is 1.88. The SMILES string of the molecule is O=C(NS(=O)(=O)c1cccc(C(F)(F)F)c1)c1cc(Cl)c2c(c1)OCCCO2. The number of amides is 1. The minimum absolute atomic E-state index is 0.0426. The van der Waals surface area contributed by atoms with Gasteiger partial charge in [-0.1, -0.05) is 17.7 Å². The molecule has 0 aromatic heterocycles. The zero-order valence-corrected chi connectivity index (χ0v) is 15.6. The van der Waals surface area contributed by atoms with E-state index in [-0.39, 0.29) is 22.1 Å². The molecule has 0 bridgehead atoms. The summed E-state index contributed by atoms with van der Waals surface area (Å²) in [5.74, 6) is -0.668. The lowest BCUT2D eigenvalue weighted by molar-refractivity contribution is -0.137. The molecule has 0 saturated carbocycles. The highest BCUT2D eigenvalue weighted by Crippen LogP contribution is 2.38. The van der Waals surface area contributed by atoms with Crippen LogP contribution >= 0.6 is 11.6 Å². The first-order valence-electron chi connectivity index (χ1n) is 7.91. The van der Waals surface area contributed by atoms with Gasteiger partial charge in [-0.05, 0) is 30.3 Å². The van der Waals surface area contributed by atoms with E-state index in [0.717, 1.165) is 18.2 Å². The Morgan fingerprint density at radius 3 is 2.54 bits per heavy atom. The van der Waals surface area contributed by atoms with Crippen molar-refractivity contribution in [1.29, 1.82) is 0 Å². The molecule has 2 aromatic carbocycles. The average molecular weight is 436 g/mol. The van der Waals surface area contributed by atoms with Gasteiger partial charge in [0.05, 0.1) is 28.7 Å². The molecule has 11 heteroatoms. The molecule has 28 heavy (non-hydrogen) atoms. The summed E-state index contributed by atoms with van der Waals surface area (Å²) >= 11 is 6.06. The molecule has 150 valence electrons. The summed E-state index contributed by atoms with van der Waals surface area (Å²) < 4.78 is 75.6. The molecule has 1 aliphatic rings. The van der Waals surface area contributed by atoms with E-state index in [1.807, 2.05) is 0 Å². The van der Waals surface area contributed by atoms with Crippen LogP contribution < -0.4 is 14.2 Å². The maximum absolute atomic E-state index is 12.8. The number of sulfonamides is 1. The molecular weight excluding hydrogens is 423 g/mol. The molecule has 0 spiro atoms. The summed E-state index contributed by atoms with van der Waals surface area (Å²) in [6, 6.07) is 5.49. The Kier molecular flexibility index (Phi) is 5.44. The first kappa shape index (κ1) is 20.3. The van der Waals surface area contributed by atoms with Crippen LogP contribution in [0.15, 0.2) is 41.3 Å². The number of benzene rings is 2. The van der Waals surface area contributed by atoms with Crippen molar-refractivity contribution in [3.05, 3.63) is 52.5 Å². The van der Waals surface area contributed by atoms with Gasteiger partial charge in [0.15, 0.2) is 11.5 Å². The van der Waals surface area contributed by atoms with Gasteiger partial charge in [0, 0.05) is 12.0 Å². The second kappa shape index (κ2) is 7.51. The first-order valence-corrected chi connectivity index (χ1v) is 9.77. The van der Waals surface area contributed by atoms with Crippen LogP contribution in [-0.4, -0.2) is 27.5 Å². The lowest BCUT2D eigenvalue weighted by atomic mass is 10.2. The van der Waals surface area contributed by atoms with Crippen LogP contribution in [0.4, 0.5) is 13.2 Å². The summed E-state index contributed by atoms with van der Waals surface area (Å²) in [5.41, 5.74) is -1.30. The third kappa shape index (κ3) is 4.33. The van der Waals surface area contributed by atoms with E-state index < -0.39 is 32.6 Å². The standard InChI is InChI=1S/C17H13ClF3NO5S/c18-13-7-10(8-14-15(13)27-6-2-5-26-14)16(23)22-28(24,25)12-4-1-3-11(9-12)17(19,20)21/h1,3-4,7-9H,2,5-6H2,(H,22,23). The predicted octanol–water partition coefficient (Wildman–Crippen LogP) is 3.64. The number of hydrogen-bond donors (Lipinski definition) is 1. The fraction of sp³-hybridized carbons (Fsp3) is 0.235. The molecule has 1 heterocycles. The summed E-state index contributed by atoms with van der Waals surface area (Å²) in [5, 5.41) is 0.0426. The van der Waals surface area contributed by atoms with E-state index in [1.165, 1.54) is 12.1 Å². The number of rotatable bonds is 3. The molecule has 3 rings (SSSR count). The van der Waals surface area contributed by atoms with Gasteiger partial charge in [0.2, 0.25) is 0 Å². The molecule has 1 N–H and O–H groups in total. The van der Waals surface area contributed by atoms with Crippen molar-refractivity contribution in [2.75, 3.05) is 13.2 Å². The van der Waals surface area contributed by atoms with E-state index in [0.29, 0.717) is 25.7 Å². The normalized spacial score (nSPS) is 14.3. The second-order valence-electron chi connectivity index (χ2n) is 5.80. The molecule has 0 aliphatic carbocycles. The number of ether oxygens (including phenoxy) is 2. The lowest BCUT2D eigenvalue weighted by Gasteiger charge is -2.13. The minimum Gasteiger partial charge on any atom is -0.489 e. The van der Waals surface area contributed by atoms with Crippen molar-refractivity contribution in [2.24, 2.45) is 0 Å². The van der Waals surface area contributed by atoms with Crippen LogP contribution in [-0.2, 0) is 16.2 Å². The predicted molar refractivity (Wildman–Crippen MR) is 93.2 cm³/mol. The van der Waals surface area contributed by atoms with Crippen LogP contribution in [0, 0.1) is 0 Å². The van der Waals surface area contributed by atoms with Crippen molar-refractivity contribution in [2.45, 2.75) is 17.5 Å². The molecule has 0 saturated heterocycles. The van der Waals surface area contributed by atoms with E-state index in [1.54, 1.807) is 4.72 Å². The van der Waals surface area contributed by atoms with E-state index >= 15 is 0 Å². The van der Waals surface area contributed by atoms with Crippen molar-refractivity contribution >= 4 is 27.5 Å². The summed E-state index contributed by atoms with van der Waals surface area (Å²) in [7, 11) is -4.55. The zero-order chi connectivity index (χ0) is 20.5. The van der Waals surface area contributed by atoms with Crippen molar-refractivity contribution < 1.29 is 35.9 Å². The van der Waals surface area contributed by atoms with E-state index in [2.05, 4.69) is 0 Å². The third-order valence-electron chi connectivity index (χ3n) is 3.76. The molecule has 1 amide bonds. The van der Waals surface area contributed by atoms with Gasteiger partial charge < -0.3 is 9.47 Å². The summed E-state index contributed by atoms with van der Waals surface area (Å²) in [4.78, 5) is 11.7. The second-order valence-corrected chi connectivity index (χ2v) is 7.89. The van der Waals surface area contributed by atoms with Gasteiger partial charge in [-0.2, -0.15) is 13.2 Å². The number of carbonyl (C=O) groups is 1. The molecule has 0 radical (unpaired) electrons. The van der Waals surface area contributed by atoms with Gasteiger partial charge >= 0.3 is 6.18 Å². The average Bonchev–Trinajstić information content (AvgIpc) is 2.86. The quantitative estimate of drug-likeness (QED) is 0.796. The Bertz CT molecular complexity index is 1020. The van der Waals surface area contributed by atoms with Crippen LogP contribution in [0.3, 0.4) is 0 Å². The van der Waals surface area contributed by atoms with Crippen molar-refractivity contribution in [3.8, 4) is 11.5 Å². The maximum atomic E-state index is 12.8. The molecule has 1 aliphatic heterocycles. The number of alkyl halides is 3. The zero-order valence-electron chi connectivity index (χ0n) is 14.0. The molecular formula is C17H13ClF3NO5S. The largest absolute Gasteiger partial charge is 0.489 e. The maximum Gasteiger partial charge on any atom is 0.416 e. The lowest BCUT2D eigenvalue weighted by Crippen LogP contribution is -2.30. The van der Waals surface area contributed by atoms with Crippen LogP contribution in [0.1, 0.15) is 22.3 Å². The Morgan fingerprint density at radius 2 is 1.82 bits per heavy atom. The topological polar surface area (TPSA) is 81.7 Å². The van der Waals surface area contributed by atoms with Crippen LogP contribution in [0.2, 0.25) is 5.02 Å². The summed E-state index contributed by atoms with van der Waals surface area (Å²) in [6.45, 7) is 0.680. The minimum atomic E-state index is -4.72. The Hall–Kier alpha value is -2.46. The fourth-order valence-electron chi connectivity index (χ4n) is 2.44. The van der Waals surface area contributed by atoms with Gasteiger partial charge in [-0.25, -0.2) is 13.1 Å². The highest BCUT2D eigenvalue weighted by atomic mass is 35.5. The van der Waals surface area contributed by atoms with E-state index in [4.69, 9.17) is 21.1 Å². The highest BCUT2D eigenvalue weighted by Gasteiger charge is 2.32. The highest BCUT2D eigenvalue weighted by molar-refractivity contribution is 7.90. The van der Waals surface area contributed by atoms with Gasteiger partial charge in [0.1, 0.15) is 0 Å². The number of fused-ring (bicyclic) bond motifs is 1. The number of nitrogens with one attached hydrogen (secondary N) is 1. The molecule has 0 unspecified atom stereocenters. The van der Waals surface area contributed by atoms with Gasteiger partial charge in [0.25, 0.3) is 15.9 Å². The Labute approximate surface area is 163 Å². The third-order valence-corrected chi connectivity index (χ3v) is 5.37.